The Hall–Kier alpha value is -0.880. The largest absolute Gasteiger partial charge is 0.355 e. The Labute approximate surface area is 118 Å². The van der Waals surface area contributed by atoms with Crippen molar-refractivity contribution in [1.29, 1.82) is 0 Å². The van der Waals surface area contributed by atoms with Gasteiger partial charge in [0.25, 0.3) is 0 Å². The molecule has 7 heteroatoms. The van der Waals surface area contributed by atoms with Gasteiger partial charge in [0.1, 0.15) is 17.3 Å². The SMILES string of the molecule is CCCc1c(Cl)ncnc1N(C)C1CCS(=O)(=O)C1. The molecule has 19 heavy (non-hydrogen) atoms. The fraction of sp³-hybridized carbons (Fsp3) is 0.667. The van der Waals surface area contributed by atoms with Crippen LogP contribution in [-0.2, 0) is 16.3 Å². The van der Waals surface area contributed by atoms with Crippen molar-refractivity contribution < 1.29 is 8.42 Å². The van der Waals surface area contributed by atoms with Crippen molar-refractivity contribution in [2.45, 2.75) is 32.2 Å². The lowest BCUT2D eigenvalue weighted by Gasteiger charge is -2.26. The first-order chi connectivity index (χ1) is 8.94. The minimum absolute atomic E-state index is 0.0217. The Morgan fingerprint density at radius 2 is 2.21 bits per heavy atom. The number of anilines is 1. The highest BCUT2D eigenvalue weighted by Gasteiger charge is 2.32. The van der Waals surface area contributed by atoms with Gasteiger partial charge in [-0.2, -0.15) is 0 Å². The average molecular weight is 304 g/mol. The second-order valence-electron chi connectivity index (χ2n) is 4.88. The molecule has 0 aromatic carbocycles. The standard InChI is InChI=1S/C12H18ClN3O2S/c1-3-4-10-11(13)14-8-15-12(10)16(2)9-5-6-19(17,18)7-9/h8-9H,3-7H2,1-2H3. The van der Waals surface area contributed by atoms with Crippen LogP contribution in [0.2, 0.25) is 5.15 Å². The van der Waals surface area contributed by atoms with Crippen molar-refractivity contribution in [3.8, 4) is 0 Å². The van der Waals surface area contributed by atoms with Crippen LogP contribution in [0.4, 0.5) is 5.82 Å². The van der Waals surface area contributed by atoms with Crippen LogP contribution in [0, 0.1) is 0 Å². The van der Waals surface area contributed by atoms with Gasteiger partial charge >= 0.3 is 0 Å². The Balaban J connectivity index is 2.29. The van der Waals surface area contributed by atoms with E-state index in [-0.39, 0.29) is 17.5 Å². The molecule has 2 heterocycles. The molecule has 1 aliphatic rings. The highest BCUT2D eigenvalue weighted by atomic mass is 35.5. The van der Waals surface area contributed by atoms with E-state index in [0.29, 0.717) is 11.6 Å². The fourth-order valence-electron chi connectivity index (χ4n) is 2.41. The maximum atomic E-state index is 11.6. The molecular weight excluding hydrogens is 286 g/mol. The summed E-state index contributed by atoms with van der Waals surface area (Å²) >= 11 is 6.12. The van der Waals surface area contributed by atoms with E-state index >= 15 is 0 Å². The maximum absolute atomic E-state index is 11.6. The number of hydrogen-bond acceptors (Lipinski definition) is 5. The van der Waals surface area contributed by atoms with Crippen LogP contribution in [-0.4, -0.2) is 43.0 Å². The summed E-state index contributed by atoms with van der Waals surface area (Å²) in [4.78, 5) is 10.2. The number of rotatable bonds is 4. The van der Waals surface area contributed by atoms with E-state index in [1.807, 2.05) is 11.9 Å². The van der Waals surface area contributed by atoms with E-state index in [0.717, 1.165) is 24.2 Å². The molecular formula is C12H18ClN3O2S. The molecule has 0 spiro atoms. The normalized spacial score (nSPS) is 21.5. The Bertz CT molecular complexity index is 562. The van der Waals surface area contributed by atoms with Crippen LogP contribution in [0.15, 0.2) is 6.33 Å². The third kappa shape index (κ3) is 3.17. The molecule has 0 aliphatic carbocycles. The Morgan fingerprint density at radius 3 is 2.79 bits per heavy atom. The number of halogens is 1. The molecule has 0 bridgehead atoms. The Morgan fingerprint density at radius 1 is 1.47 bits per heavy atom. The van der Waals surface area contributed by atoms with Gasteiger partial charge in [0.2, 0.25) is 0 Å². The van der Waals surface area contributed by atoms with Crippen LogP contribution in [0.1, 0.15) is 25.3 Å². The van der Waals surface area contributed by atoms with Crippen LogP contribution in [0.5, 0.6) is 0 Å². The summed E-state index contributed by atoms with van der Waals surface area (Å²) in [6, 6.07) is -0.0217. The number of sulfone groups is 1. The smallest absolute Gasteiger partial charge is 0.152 e. The molecule has 1 unspecified atom stereocenters. The monoisotopic (exact) mass is 303 g/mol. The van der Waals surface area contributed by atoms with E-state index in [4.69, 9.17) is 11.6 Å². The van der Waals surface area contributed by atoms with Crippen LogP contribution < -0.4 is 4.90 Å². The summed E-state index contributed by atoms with van der Waals surface area (Å²) in [5.74, 6) is 1.20. The van der Waals surface area contributed by atoms with Crippen LogP contribution >= 0.6 is 11.6 Å². The third-order valence-corrected chi connectivity index (χ3v) is 5.54. The Kier molecular flexibility index (Phi) is 4.30. The first kappa shape index (κ1) is 14.5. The lowest BCUT2D eigenvalue weighted by molar-refractivity contribution is 0.600. The fourth-order valence-corrected chi connectivity index (χ4v) is 4.40. The van der Waals surface area contributed by atoms with Crippen LogP contribution in [0.25, 0.3) is 0 Å². The summed E-state index contributed by atoms with van der Waals surface area (Å²) in [5, 5.41) is 0.458. The summed E-state index contributed by atoms with van der Waals surface area (Å²) in [6.45, 7) is 2.06. The summed E-state index contributed by atoms with van der Waals surface area (Å²) < 4.78 is 23.1. The number of hydrogen-bond donors (Lipinski definition) is 0. The van der Waals surface area contributed by atoms with Crippen molar-refractivity contribution in [3.05, 3.63) is 17.0 Å². The average Bonchev–Trinajstić information content (AvgIpc) is 2.72. The van der Waals surface area contributed by atoms with Gasteiger partial charge in [-0.15, -0.1) is 0 Å². The third-order valence-electron chi connectivity index (χ3n) is 3.46. The number of nitrogens with zero attached hydrogens (tertiary/aromatic N) is 3. The van der Waals surface area contributed by atoms with Gasteiger partial charge in [0.05, 0.1) is 11.5 Å². The second-order valence-corrected chi connectivity index (χ2v) is 7.47. The van der Waals surface area contributed by atoms with Crippen molar-refractivity contribution in [3.63, 3.8) is 0 Å². The molecule has 1 fully saturated rings. The molecule has 0 N–H and O–H groups in total. The molecule has 1 saturated heterocycles. The second kappa shape index (κ2) is 5.63. The van der Waals surface area contributed by atoms with Gasteiger partial charge in [-0.05, 0) is 12.8 Å². The predicted octanol–water partition coefficient (Wildman–Crippen LogP) is 1.71. The highest BCUT2D eigenvalue weighted by Crippen LogP contribution is 2.28. The van der Waals surface area contributed by atoms with E-state index < -0.39 is 9.84 Å². The molecule has 1 aromatic rings. The van der Waals surface area contributed by atoms with Gasteiger partial charge in [0.15, 0.2) is 9.84 Å². The van der Waals surface area contributed by atoms with E-state index in [2.05, 4.69) is 16.9 Å². The molecule has 5 nitrogen and oxygen atoms in total. The zero-order valence-corrected chi connectivity index (χ0v) is 12.7. The maximum Gasteiger partial charge on any atom is 0.152 e. The zero-order chi connectivity index (χ0) is 14.0. The van der Waals surface area contributed by atoms with E-state index in [1.165, 1.54) is 6.33 Å². The first-order valence-electron chi connectivity index (χ1n) is 6.37. The predicted molar refractivity (Wildman–Crippen MR) is 76.5 cm³/mol. The topological polar surface area (TPSA) is 63.2 Å². The lowest BCUT2D eigenvalue weighted by atomic mass is 10.1. The quantitative estimate of drug-likeness (QED) is 0.792. The van der Waals surface area contributed by atoms with Gasteiger partial charge in [-0.25, -0.2) is 18.4 Å². The van der Waals surface area contributed by atoms with E-state index in [1.54, 1.807) is 0 Å². The van der Waals surface area contributed by atoms with Crippen molar-refractivity contribution >= 4 is 27.3 Å². The first-order valence-corrected chi connectivity index (χ1v) is 8.57. The minimum Gasteiger partial charge on any atom is -0.355 e. The van der Waals surface area contributed by atoms with Crippen molar-refractivity contribution in [2.75, 3.05) is 23.5 Å². The molecule has 1 atom stereocenters. The summed E-state index contributed by atoms with van der Waals surface area (Å²) in [7, 11) is -1.02. The van der Waals surface area contributed by atoms with Crippen molar-refractivity contribution in [1.82, 2.24) is 9.97 Å². The van der Waals surface area contributed by atoms with Gasteiger partial charge in [0, 0.05) is 18.7 Å². The molecule has 0 radical (unpaired) electrons. The highest BCUT2D eigenvalue weighted by molar-refractivity contribution is 7.91. The van der Waals surface area contributed by atoms with Crippen molar-refractivity contribution in [2.24, 2.45) is 0 Å². The van der Waals surface area contributed by atoms with Gasteiger partial charge < -0.3 is 4.90 Å². The van der Waals surface area contributed by atoms with Gasteiger partial charge in [-0.3, -0.25) is 0 Å². The zero-order valence-electron chi connectivity index (χ0n) is 11.1. The van der Waals surface area contributed by atoms with Gasteiger partial charge in [-0.1, -0.05) is 24.9 Å². The van der Waals surface area contributed by atoms with E-state index in [9.17, 15) is 8.42 Å². The van der Waals surface area contributed by atoms with Crippen LogP contribution in [0.3, 0.4) is 0 Å². The number of aromatic nitrogens is 2. The lowest BCUT2D eigenvalue weighted by Crippen LogP contribution is -2.34. The molecule has 0 saturated carbocycles. The molecule has 106 valence electrons. The summed E-state index contributed by atoms with van der Waals surface area (Å²) in [6.07, 6.45) is 3.80. The molecule has 1 aliphatic heterocycles. The molecule has 2 rings (SSSR count). The molecule has 1 aromatic heterocycles. The summed E-state index contributed by atoms with van der Waals surface area (Å²) in [5.41, 5.74) is 0.901. The molecule has 0 amide bonds. The minimum atomic E-state index is -2.90.